The van der Waals surface area contributed by atoms with E-state index in [1.807, 2.05) is 0 Å². The standard InChI is InChI=1S/C16H26N2O/c17-11-16(15-6-2-1-3-7-15)13-18-9-4-5-14(12-18)8-10-19/h1-3,6-7,14,16,19H,4-5,8-13,17H2. The zero-order valence-electron chi connectivity index (χ0n) is 11.7. The minimum absolute atomic E-state index is 0.317. The molecule has 3 heteroatoms. The molecule has 1 aliphatic rings. The lowest BCUT2D eigenvalue weighted by molar-refractivity contribution is 0.142. The third kappa shape index (κ3) is 4.30. The number of nitrogens with zero attached hydrogens (tertiary/aromatic N) is 1. The van der Waals surface area contributed by atoms with Crippen LogP contribution in [0.2, 0.25) is 0 Å². The number of rotatable bonds is 6. The van der Waals surface area contributed by atoms with Gasteiger partial charge >= 0.3 is 0 Å². The predicted molar refractivity (Wildman–Crippen MR) is 79.1 cm³/mol. The fourth-order valence-electron chi connectivity index (χ4n) is 3.09. The van der Waals surface area contributed by atoms with Crippen molar-refractivity contribution in [2.75, 3.05) is 32.8 Å². The second-order valence-electron chi connectivity index (χ2n) is 5.62. The van der Waals surface area contributed by atoms with Crippen molar-refractivity contribution in [2.45, 2.75) is 25.2 Å². The van der Waals surface area contributed by atoms with E-state index in [-0.39, 0.29) is 0 Å². The van der Waals surface area contributed by atoms with Gasteiger partial charge in [-0.2, -0.15) is 0 Å². The van der Waals surface area contributed by atoms with Gasteiger partial charge in [0.05, 0.1) is 0 Å². The van der Waals surface area contributed by atoms with Crippen LogP contribution in [-0.4, -0.2) is 42.8 Å². The van der Waals surface area contributed by atoms with Gasteiger partial charge in [0.2, 0.25) is 0 Å². The average molecular weight is 262 g/mol. The molecule has 1 fully saturated rings. The van der Waals surface area contributed by atoms with E-state index in [4.69, 9.17) is 10.8 Å². The Morgan fingerprint density at radius 3 is 2.79 bits per heavy atom. The summed E-state index contributed by atoms with van der Waals surface area (Å²) in [6, 6.07) is 10.6. The second kappa shape index (κ2) is 7.63. The van der Waals surface area contributed by atoms with E-state index >= 15 is 0 Å². The topological polar surface area (TPSA) is 49.5 Å². The minimum atomic E-state index is 0.317. The molecular formula is C16H26N2O. The predicted octanol–water partition coefficient (Wildman–Crippen LogP) is 1.82. The summed E-state index contributed by atoms with van der Waals surface area (Å²) in [6.45, 7) is 4.35. The fraction of sp³-hybridized carbons (Fsp3) is 0.625. The summed E-state index contributed by atoms with van der Waals surface area (Å²) in [6.07, 6.45) is 3.45. The van der Waals surface area contributed by atoms with Crippen molar-refractivity contribution in [2.24, 2.45) is 11.7 Å². The average Bonchev–Trinajstić information content (AvgIpc) is 2.46. The summed E-state index contributed by atoms with van der Waals surface area (Å²) in [4.78, 5) is 2.52. The van der Waals surface area contributed by atoms with Crippen molar-refractivity contribution in [3.05, 3.63) is 35.9 Å². The van der Waals surface area contributed by atoms with E-state index in [0.29, 0.717) is 25.0 Å². The van der Waals surface area contributed by atoms with Crippen molar-refractivity contribution in [3.8, 4) is 0 Å². The van der Waals surface area contributed by atoms with Gasteiger partial charge in [0, 0.05) is 32.2 Å². The Morgan fingerprint density at radius 1 is 1.32 bits per heavy atom. The monoisotopic (exact) mass is 262 g/mol. The van der Waals surface area contributed by atoms with E-state index in [9.17, 15) is 0 Å². The Labute approximate surface area is 116 Å². The van der Waals surface area contributed by atoms with Gasteiger partial charge in [-0.15, -0.1) is 0 Å². The largest absolute Gasteiger partial charge is 0.396 e. The Morgan fingerprint density at radius 2 is 2.11 bits per heavy atom. The minimum Gasteiger partial charge on any atom is -0.396 e. The van der Waals surface area contributed by atoms with E-state index in [2.05, 4.69) is 35.2 Å². The van der Waals surface area contributed by atoms with E-state index in [1.165, 1.54) is 24.9 Å². The molecule has 0 aromatic heterocycles. The van der Waals surface area contributed by atoms with Crippen LogP contribution in [0.1, 0.15) is 30.7 Å². The SMILES string of the molecule is NCC(CN1CCCC(CCO)C1)c1ccccc1. The van der Waals surface area contributed by atoms with Crippen LogP contribution in [-0.2, 0) is 0 Å². The third-order valence-corrected chi connectivity index (χ3v) is 4.17. The van der Waals surface area contributed by atoms with Crippen molar-refractivity contribution in [3.63, 3.8) is 0 Å². The molecule has 2 atom stereocenters. The number of likely N-dealkylation sites (tertiary alicyclic amines) is 1. The number of piperidine rings is 1. The smallest absolute Gasteiger partial charge is 0.0434 e. The quantitative estimate of drug-likeness (QED) is 0.822. The van der Waals surface area contributed by atoms with Gasteiger partial charge in [0.25, 0.3) is 0 Å². The highest BCUT2D eigenvalue weighted by atomic mass is 16.3. The van der Waals surface area contributed by atoms with Crippen LogP contribution < -0.4 is 5.73 Å². The van der Waals surface area contributed by atoms with Gasteiger partial charge in [-0.25, -0.2) is 0 Å². The summed E-state index contributed by atoms with van der Waals surface area (Å²) in [5.41, 5.74) is 7.29. The molecule has 1 heterocycles. The van der Waals surface area contributed by atoms with Crippen LogP contribution >= 0.6 is 0 Å². The highest BCUT2D eigenvalue weighted by Gasteiger charge is 2.22. The maximum absolute atomic E-state index is 9.07. The number of benzene rings is 1. The molecule has 106 valence electrons. The Hall–Kier alpha value is -0.900. The summed E-state index contributed by atoms with van der Waals surface area (Å²) >= 11 is 0. The number of hydrogen-bond acceptors (Lipinski definition) is 3. The first-order valence-corrected chi connectivity index (χ1v) is 7.41. The van der Waals surface area contributed by atoms with Gasteiger partial charge in [-0.05, 0) is 37.3 Å². The van der Waals surface area contributed by atoms with Crippen LogP contribution in [0.15, 0.2) is 30.3 Å². The van der Waals surface area contributed by atoms with Crippen LogP contribution in [0.5, 0.6) is 0 Å². The molecule has 0 spiro atoms. The van der Waals surface area contributed by atoms with E-state index in [1.54, 1.807) is 0 Å². The van der Waals surface area contributed by atoms with Crippen molar-refractivity contribution < 1.29 is 5.11 Å². The molecule has 2 unspecified atom stereocenters. The van der Waals surface area contributed by atoms with Crippen LogP contribution in [0.25, 0.3) is 0 Å². The van der Waals surface area contributed by atoms with Gasteiger partial charge < -0.3 is 15.7 Å². The van der Waals surface area contributed by atoms with E-state index in [0.717, 1.165) is 19.5 Å². The second-order valence-corrected chi connectivity index (χ2v) is 5.62. The van der Waals surface area contributed by atoms with Crippen LogP contribution in [0.3, 0.4) is 0 Å². The van der Waals surface area contributed by atoms with Gasteiger partial charge in [-0.3, -0.25) is 0 Å². The number of hydrogen-bond donors (Lipinski definition) is 2. The number of nitrogens with two attached hydrogens (primary N) is 1. The van der Waals surface area contributed by atoms with Crippen LogP contribution in [0.4, 0.5) is 0 Å². The molecule has 1 saturated heterocycles. The highest BCUT2D eigenvalue weighted by molar-refractivity contribution is 5.20. The zero-order valence-corrected chi connectivity index (χ0v) is 11.7. The van der Waals surface area contributed by atoms with Crippen molar-refractivity contribution >= 4 is 0 Å². The Bertz CT molecular complexity index is 353. The molecule has 0 amide bonds. The van der Waals surface area contributed by atoms with Crippen LogP contribution in [0, 0.1) is 5.92 Å². The molecular weight excluding hydrogens is 236 g/mol. The molecule has 3 N–H and O–H groups in total. The first kappa shape index (κ1) is 14.5. The maximum Gasteiger partial charge on any atom is 0.0434 e. The summed E-state index contributed by atoms with van der Waals surface area (Å²) in [7, 11) is 0. The lowest BCUT2D eigenvalue weighted by Gasteiger charge is -2.34. The molecule has 0 aliphatic carbocycles. The summed E-state index contributed by atoms with van der Waals surface area (Å²) < 4.78 is 0. The fourth-order valence-corrected chi connectivity index (χ4v) is 3.09. The van der Waals surface area contributed by atoms with Crippen molar-refractivity contribution in [1.29, 1.82) is 0 Å². The number of aliphatic hydroxyl groups excluding tert-OH is 1. The summed E-state index contributed by atoms with van der Waals surface area (Å²) in [5.74, 6) is 1.09. The number of aliphatic hydroxyl groups is 1. The van der Waals surface area contributed by atoms with Crippen molar-refractivity contribution in [1.82, 2.24) is 4.90 Å². The molecule has 0 bridgehead atoms. The lowest BCUT2D eigenvalue weighted by Crippen LogP contribution is -2.39. The molecule has 1 aromatic carbocycles. The van der Waals surface area contributed by atoms with Gasteiger partial charge in [0.1, 0.15) is 0 Å². The molecule has 2 rings (SSSR count). The summed E-state index contributed by atoms with van der Waals surface area (Å²) in [5, 5.41) is 9.07. The normalized spacial score (nSPS) is 22.3. The molecule has 1 aliphatic heterocycles. The Balaban J connectivity index is 1.91. The van der Waals surface area contributed by atoms with E-state index < -0.39 is 0 Å². The maximum atomic E-state index is 9.07. The first-order valence-electron chi connectivity index (χ1n) is 7.41. The lowest BCUT2D eigenvalue weighted by atomic mass is 9.92. The zero-order chi connectivity index (χ0) is 13.5. The van der Waals surface area contributed by atoms with Gasteiger partial charge in [-0.1, -0.05) is 30.3 Å². The van der Waals surface area contributed by atoms with Gasteiger partial charge in [0.15, 0.2) is 0 Å². The molecule has 0 radical (unpaired) electrons. The highest BCUT2D eigenvalue weighted by Crippen LogP contribution is 2.22. The first-order chi connectivity index (χ1) is 9.33. The third-order valence-electron chi connectivity index (χ3n) is 4.17. The Kier molecular flexibility index (Phi) is 5.83. The molecule has 0 saturated carbocycles. The molecule has 19 heavy (non-hydrogen) atoms. The molecule has 3 nitrogen and oxygen atoms in total. The molecule has 1 aromatic rings.